The Morgan fingerprint density at radius 3 is 3.21 bits per heavy atom. The molecule has 1 saturated heterocycles. The van der Waals surface area contributed by atoms with Gasteiger partial charge in [-0.3, -0.25) is 0 Å². The lowest BCUT2D eigenvalue weighted by atomic mass is 10.1. The molecule has 0 aromatic carbocycles. The number of thiazole rings is 1. The van der Waals surface area contributed by atoms with E-state index in [-0.39, 0.29) is 0 Å². The first kappa shape index (κ1) is 9.73. The van der Waals surface area contributed by atoms with Gasteiger partial charge in [0.25, 0.3) is 5.19 Å². The number of anilines is 1. The summed E-state index contributed by atoms with van der Waals surface area (Å²) in [4.78, 5) is 6.64. The molecule has 2 heterocycles. The Hall–Kier alpha value is -0.810. The summed E-state index contributed by atoms with van der Waals surface area (Å²) in [6.07, 6.45) is 1.18. The summed E-state index contributed by atoms with van der Waals surface area (Å²) >= 11 is 1.54. The minimum Gasteiger partial charge on any atom is -0.473 e. The van der Waals surface area contributed by atoms with Crippen molar-refractivity contribution in [3.63, 3.8) is 0 Å². The molecule has 1 aromatic rings. The van der Waals surface area contributed by atoms with Gasteiger partial charge < -0.3 is 15.4 Å². The van der Waals surface area contributed by atoms with E-state index in [0.717, 1.165) is 30.6 Å². The van der Waals surface area contributed by atoms with Crippen molar-refractivity contribution < 1.29 is 4.74 Å². The number of ether oxygens (including phenoxy) is 1. The van der Waals surface area contributed by atoms with Crippen LogP contribution in [0.4, 0.5) is 5.82 Å². The standard InChI is InChI=1S/C9H15N3OS/c1-13-9-11-8(6-14-9)12-3-2-7(4-10)5-12/h6-7H,2-5,10H2,1H3. The predicted molar refractivity (Wildman–Crippen MR) is 58.0 cm³/mol. The first-order chi connectivity index (χ1) is 6.83. The van der Waals surface area contributed by atoms with Gasteiger partial charge in [0.05, 0.1) is 7.11 Å². The van der Waals surface area contributed by atoms with Crippen molar-refractivity contribution in [1.29, 1.82) is 0 Å². The van der Waals surface area contributed by atoms with Crippen molar-refractivity contribution in [3.05, 3.63) is 5.38 Å². The highest BCUT2D eigenvalue weighted by molar-refractivity contribution is 7.11. The molecule has 0 bridgehead atoms. The largest absolute Gasteiger partial charge is 0.473 e. The van der Waals surface area contributed by atoms with Crippen LogP contribution in [0.2, 0.25) is 0 Å². The van der Waals surface area contributed by atoms with E-state index in [0.29, 0.717) is 5.92 Å². The number of methoxy groups -OCH3 is 1. The topological polar surface area (TPSA) is 51.4 Å². The molecular formula is C9H15N3OS. The van der Waals surface area contributed by atoms with Gasteiger partial charge in [0.15, 0.2) is 0 Å². The highest BCUT2D eigenvalue weighted by Crippen LogP contribution is 2.27. The zero-order valence-electron chi connectivity index (χ0n) is 8.27. The Balaban J connectivity index is 2.02. The summed E-state index contributed by atoms with van der Waals surface area (Å²) < 4.78 is 5.06. The fourth-order valence-electron chi connectivity index (χ4n) is 1.72. The number of hydrogen-bond donors (Lipinski definition) is 1. The molecule has 1 aliphatic heterocycles. The SMILES string of the molecule is COc1nc(N2CCC(CN)C2)cs1. The lowest BCUT2D eigenvalue weighted by molar-refractivity contribution is 0.412. The monoisotopic (exact) mass is 213 g/mol. The van der Waals surface area contributed by atoms with Crippen molar-refractivity contribution >= 4 is 17.2 Å². The molecule has 4 nitrogen and oxygen atoms in total. The third-order valence-electron chi connectivity index (χ3n) is 2.59. The lowest BCUT2D eigenvalue weighted by Gasteiger charge is -2.14. The van der Waals surface area contributed by atoms with E-state index in [4.69, 9.17) is 10.5 Å². The maximum atomic E-state index is 5.64. The van der Waals surface area contributed by atoms with Crippen molar-refractivity contribution in [3.8, 4) is 5.19 Å². The van der Waals surface area contributed by atoms with Crippen LogP contribution in [0.3, 0.4) is 0 Å². The average molecular weight is 213 g/mol. The number of nitrogens with two attached hydrogens (primary N) is 1. The number of hydrogen-bond acceptors (Lipinski definition) is 5. The van der Waals surface area contributed by atoms with Gasteiger partial charge in [0, 0.05) is 18.5 Å². The maximum Gasteiger partial charge on any atom is 0.274 e. The van der Waals surface area contributed by atoms with Crippen LogP contribution in [-0.2, 0) is 0 Å². The molecule has 1 atom stereocenters. The average Bonchev–Trinajstić information content (AvgIpc) is 2.86. The van der Waals surface area contributed by atoms with E-state index in [1.165, 1.54) is 17.8 Å². The number of rotatable bonds is 3. The van der Waals surface area contributed by atoms with E-state index in [1.54, 1.807) is 7.11 Å². The molecule has 1 unspecified atom stereocenters. The summed E-state index contributed by atoms with van der Waals surface area (Å²) in [5, 5.41) is 2.77. The Kier molecular flexibility index (Phi) is 2.88. The van der Waals surface area contributed by atoms with Gasteiger partial charge in [-0.25, -0.2) is 0 Å². The first-order valence-electron chi connectivity index (χ1n) is 4.78. The van der Waals surface area contributed by atoms with E-state index >= 15 is 0 Å². The first-order valence-corrected chi connectivity index (χ1v) is 5.66. The van der Waals surface area contributed by atoms with E-state index in [1.807, 2.05) is 5.38 Å². The molecule has 0 saturated carbocycles. The Morgan fingerprint density at radius 2 is 2.64 bits per heavy atom. The molecule has 0 amide bonds. The van der Waals surface area contributed by atoms with Crippen molar-refractivity contribution in [2.75, 3.05) is 31.6 Å². The fourth-order valence-corrected chi connectivity index (χ4v) is 2.37. The molecular weight excluding hydrogens is 198 g/mol. The summed E-state index contributed by atoms with van der Waals surface area (Å²) in [5.74, 6) is 1.66. The Labute approximate surface area is 87.7 Å². The highest BCUT2D eigenvalue weighted by atomic mass is 32.1. The molecule has 2 rings (SSSR count). The minimum absolute atomic E-state index is 0.627. The number of nitrogens with zero attached hydrogens (tertiary/aromatic N) is 2. The fraction of sp³-hybridized carbons (Fsp3) is 0.667. The number of aromatic nitrogens is 1. The van der Waals surface area contributed by atoms with Gasteiger partial charge in [-0.1, -0.05) is 11.3 Å². The van der Waals surface area contributed by atoms with Crippen LogP contribution in [0, 0.1) is 5.92 Å². The Morgan fingerprint density at radius 1 is 1.79 bits per heavy atom. The van der Waals surface area contributed by atoms with E-state index in [9.17, 15) is 0 Å². The zero-order valence-corrected chi connectivity index (χ0v) is 9.09. The smallest absolute Gasteiger partial charge is 0.274 e. The van der Waals surface area contributed by atoms with Crippen LogP contribution in [-0.4, -0.2) is 31.7 Å². The van der Waals surface area contributed by atoms with Crippen LogP contribution >= 0.6 is 11.3 Å². The normalized spacial score (nSPS) is 21.6. The Bertz CT molecular complexity index is 302. The van der Waals surface area contributed by atoms with Crippen molar-refractivity contribution in [1.82, 2.24) is 4.98 Å². The minimum atomic E-state index is 0.627. The van der Waals surface area contributed by atoms with Crippen LogP contribution in [0.1, 0.15) is 6.42 Å². The predicted octanol–water partition coefficient (Wildman–Crippen LogP) is 0.937. The van der Waals surface area contributed by atoms with Crippen LogP contribution in [0.15, 0.2) is 5.38 Å². The van der Waals surface area contributed by atoms with Gasteiger partial charge in [0.1, 0.15) is 5.82 Å². The molecule has 0 aliphatic carbocycles. The molecule has 78 valence electrons. The van der Waals surface area contributed by atoms with Crippen molar-refractivity contribution in [2.24, 2.45) is 11.7 Å². The van der Waals surface area contributed by atoms with Crippen LogP contribution in [0.25, 0.3) is 0 Å². The van der Waals surface area contributed by atoms with Gasteiger partial charge in [0.2, 0.25) is 0 Å². The molecule has 1 fully saturated rings. The van der Waals surface area contributed by atoms with Gasteiger partial charge in [-0.15, -0.1) is 0 Å². The van der Waals surface area contributed by atoms with Gasteiger partial charge in [-0.05, 0) is 18.9 Å². The summed E-state index contributed by atoms with van der Waals surface area (Å²) in [5.41, 5.74) is 5.64. The summed E-state index contributed by atoms with van der Waals surface area (Å²) in [6, 6.07) is 0. The third-order valence-corrected chi connectivity index (χ3v) is 3.38. The quantitative estimate of drug-likeness (QED) is 0.811. The molecule has 2 N–H and O–H groups in total. The highest BCUT2D eigenvalue weighted by Gasteiger charge is 2.23. The second-order valence-corrected chi connectivity index (χ2v) is 4.33. The second-order valence-electron chi connectivity index (χ2n) is 3.51. The third kappa shape index (κ3) is 1.83. The molecule has 1 aromatic heterocycles. The molecule has 1 aliphatic rings. The lowest BCUT2D eigenvalue weighted by Crippen LogP contribution is -2.22. The van der Waals surface area contributed by atoms with Crippen molar-refractivity contribution in [2.45, 2.75) is 6.42 Å². The van der Waals surface area contributed by atoms with Crippen LogP contribution < -0.4 is 15.4 Å². The summed E-state index contributed by atoms with van der Waals surface area (Å²) in [6.45, 7) is 2.87. The van der Waals surface area contributed by atoms with Gasteiger partial charge >= 0.3 is 0 Å². The van der Waals surface area contributed by atoms with Gasteiger partial charge in [-0.2, -0.15) is 4.98 Å². The zero-order chi connectivity index (χ0) is 9.97. The molecule has 0 radical (unpaired) electrons. The van der Waals surface area contributed by atoms with E-state index < -0.39 is 0 Å². The molecule has 5 heteroatoms. The van der Waals surface area contributed by atoms with Crippen LogP contribution in [0.5, 0.6) is 5.19 Å². The maximum absolute atomic E-state index is 5.64. The second kappa shape index (κ2) is 4.14. The molecule has 14 heavy (non-hydrogen) atoms. The van der Waals surface area contributed by atoms with E-state index in [2.05, 4.69) is 9.88 Å². The summed E-state index contributed by atoms with van der Waals surface area (Å²) in [7, 11) is 1.65. The molecule has 0 spiro atoms.